The van der Waals surface area contributed by atoms with Crippen LogP contribution in [0.2, 0.25) is 0 Å². The Morgan fingerprint density at radius 3 is 2.29 bits per heavy atom. The highest BCUT2D eigenvalue weighted by Crippen LogP contribution is 2.23. The van der Waals surface area contributed by atoms with Gasteiger partial charge in [0.2, 0.25) is 5.91 Å². The summed E-state index contributed by atoms with van der Waals surface area (Å²) in [5.74, 6) is -1.07. The van der Waals surface area contributed by atoms with E-state index < -0.39 is 31.0 Å². The zero-order chi connectivity index (χ0) is 11.4. The highest BCUT2D eigenvalue weighted by molar-refractivity contribution is 7.48. The molecular weight excluding hydrogens is 256 g/mol. The Kier molecular flexibility index (Phi) is 5.97. The van der Waals surface area contributed by atoms with E-state index in [-0.39, 0.29) is 11.5 Å². The average Bonchev–Trinajstić information content (AvgIpc) is 2.00. The van der Waals surface area contributed by atoms with Gasteiger partial charge in [0.1, 0.15) is 0 Å². The molecule has 0 N–H and O–H groups in total. The fourth-order valence-electron chi connectivity index (χ4n) is 0.627. The third-order valence-corrected chi connectivity index (χ3v) is 2.46. The second-order valence-corrected chi connectivity index (χ2v) is 5.19. The lowest BCUT2D eigenvalue weighted by atomic mass is 10.4. The summed E-state index contributed by atoms with van der Waals surface area (Å²) in [7, 11) is -4.62. The zero-order valence-corrected chi connectivity index (χ0v) is 9.30. The molecule has 0 aliphatic heterocycles. The van der Waals surface area contributed by atoms with Crippen molar-refractivity contribution in [1.82, 2.24) is 5.06 Å². The molecule has 0 unspecified atom stereocenters. The van der Waals surface area contributed by atoms with Gasteiger partial charge < -0.3 is 24.6 Å². The predicted molar refractivity (Wildman–Crippen MR) is 47.7 cm³/mol. The molecule has 0 saturated heterocycles. The Morgan fingerprint density at radius 1 is 1.43 bits per heavy atom. The molecule has 0 heterocycles. The van der Waals surface area contributed by atoms with Gasteiger partial charge in [-0.1, -0.05) is 30.8 Å². The molecule has 0 aliphatic carbocycles. The van der Waals surface area contributed by atoms with Crippen LogP contribution in [0.15, 0.2) is 0 Å². The number of hydroxylamine groups is 2. The summed E-state index contributed by atoms with van der Waals surface area (Å²) < 4.78 is 10.1. The van der Waals surface area contributed by atoms with Crippen LogP contribution in [-0.4, -0.2) is 28.5 Å². The highest BCUT2D eigenvalue weighted by atomic mass is 35.5. The van der Waals surface area contributed by atoms with Crippen molar-refractivity contribution in [3.05, 3.63) is 5.21 Å². The SMILES string of the molecule is O=C(C(Cl)Cl)N([O-])CCCP(=O)([O-])[O-]. The molecule has 0 saturated carbocycles. The standard InChI is InChI=1S/C5H9Cl2NO5P/c6-4(7)5(9)8(10)2-1-3-14(11,12)13/h4H,1-3H2,(H2,11,12,13)/q-1/p-2. The number of hydrogen-bond donors (Lipinski definition) is 0. The Hall–Kier alpha value is 0.160. The van der Waals surface area contributed by atoms with Gasteiger partial charge in [-0.15, -0.1) is 0 Å². The second-order valence-electron chi connectivity index (χ2n) is 2.43. The largest absolute Gasteiger partial charge is 0.811 e. The van der Waals surface area contributed by atoms with Crippen LogP contribution >= 0.6 is 30.8 Å². The lowest BCUT2D eigenvalue weighted by molar-refractivity contribution is -0.313. The van der Waals surface area contributed by atoms with E-state index in [1.165, 1.54) is 0 Å². The van der Waals surface area contributed by atoms with E-state index in [9.17, 15) is 24.4 Å². The Morgan fingerprint density at radius 2 is 1.93 bits per heavy atom. The van der Waals surface area contributed by atoms with E-state index in [2.05, 4.69) is 0 Å². The lowest BCUT2D eigenvalue weighted by Crippen LogP contribution is -2.31. The molecule has 0 rings (SSSR count). The van der Waals surface area contributed by atoms with E-state index in [0.717, 1.165) is 0 Å². The highest BCUT2D eigenvalue weighted by Gasteiger charge is 2.12. The normalized spacial score (nSPS) is 11.9. The van der Waals surface area contributed by atoms with Gasteiger partial charge in [0.15, 0.2) is 4.84 Å². The fourth-order valence-corrected chi connectivity index (χ4v) is 1.37. The van der Waals surface area contributed by atoms with Gasteiger partial charge in [-0.25, -0.2) is 0 Å². The molecule has 1 amide bonds. The second kappa shape index (κ2) is 5.90. The number of carbonyl (C=O) groups excluding carboxylic acids is 1. The van der Waals surface area contributed by atoms with E-state index in [4.69, 9.17) is 23.2 Å². The minimum Gasteiger partial charge on any atom is -0.811 e. The zero-order valence-electron chi connectivity index (χ0n) is 6.89. The maximum atomic E-state index is 10.8. The number of nitrogens with zero attached hydrogens (tertiary/aromatic N) is 1. The molecular formula is C5H7Cl2NO5P-3. The molecule has 0 aromatic rings. The first kappa shape index (κ1) is 14.2. The van der Waals surface area contributed by atoms with Crippen molar-refractivity contribution < 1.29 is 19.1 Å². The Labute approximate surface area is 90.5 Å². The summed E-state index contributed by atoms with van der Waals surface area (Å²) in [4.78, 5) is 29.5. The maximum absolute atomic E-state index is 10.8. The van der Waals surface area contributed by atoms with Crippen LogP contribution in [0.1, 0.15) is 6.42 Å². The minimum atomic E-state index is -4.62. The number of amides is 1. The van der Waals surface area contributed by atoms with Crippen LogP contribution in [0, 0.1) is 5.21 Å². The van der Waals surface area contributed by atoms with Crippen molar-refractivity contribution >= 4 is 36.7 Å². The van der Waals surface area contributed by atoms with Gasteiger partial charge in [-0.05, 0) is 12.6 Å². The smallest absolute Gasteiger partial charge is 0.245 e. The lowest BCUT2D eigenvalue weighted by Gasteiger charge is -2.33. The first-order chi connectivity index (χ1) is 6.24. The monoisotopic (exact) mass is 262 g/mol. The van der Waals surface area contributed by atoms with Gasteiger partial charge in [-0.2, -0.15) is 0 Å². The molecule has 6 nitrogen and oxygen atoms in total. The number of hydrogen-bond acceptors (Lipinski definition) is 5. The van der Waals surface area contributed by atoms with E-state index in [0.29, 0.717) is 0 Å². The number of carbonyl (C=O) groups is 1. The summed E-state index contributed by atoms with van der Waals surface area (Å²) >= 11 is 10.2. The van der Waals surface area contributed by atoms with E-state index >= 15 is 0 Å². The number of alkyl halides is 2. The molecule has 0 aromatic carbocycles. The summed E-state index contributed by atoms with van der Waals surface area (Å²) in [5, 5.41) is 10.7. The van der Waals surface area contributed by atoms with E-state index in [1.54, 1.807) is 0 Å². The molecule has 0 fully saturated rings. The van der Waals surface area contributed by atoms with Crippen molar-refractivity contribution in [3.8, 4) is 0 Å². The predicted octanol–water partition coefficient (Wildman–Crippen LogP) is -0.580. The molecule has 0 aliphatic rings. The molecule has 0 atom stereocenters. The topological polar surface area (TPSA) is 107 Å². The number of halogens is 2. The van der Waals surface area contributed by atoms with Crippen LogP contribution in [0.3, 0.4) is 0 Å². The van der Waals surface area contributed by atoms with Crippen molar-refractivity contribution in [2.24, 2.45) is 0 Å². The van der Waals surface area contributed by atoms with Crippen LogP contribution in [0.5, 0.6) is 0 Å². The molecule has 84 valence electrons. The van der Waals surface area contributed by atoms with Gasteiger partial charge in [-0.3, -0.25) is 4.79 Å². The van der Waals surface area contributed by atoms with Gasteiger partial charge in [0.25, 0.3) is 0 Å². The Balaban J connectivity index is 3.81. The van der Waals surface area contributed by atoms with Crippen molar-refractivity contribution in [2.75, 3.05) is 12.7 Å². The molecule has 9 heteroatoms. The first-order valence-corrected chi connectivity index (χ1v) is 6.12. The molecule has 0 aromatic heterocycles. The fraction of sp³-hybridized carbons (Fsp3) is 0.800. The van der Waals surface area contributed by atoms with Crippen molar-refractivity contribution in [2.45, 2.75) is 11.3 Å². The van der Waals surface area contributed by atoms with Crippen LogP contribution in [0.25, 0.3) is 0 Å². The summed E-state index contributed by atoms with van der Waals surface area (Å²) in [5.41, 5.74) is 0. The van der Waals surface area contributed by atoms with Crippen molar-refractivity contribution in [1.29, 1.82) is 0 Å². The quantitative estimate of drug-likeness (QED) is 0.374. The van der Waals surface area contributed by atoms with Crippen LogP contribution < -0.4 is 9.79 Å². The average molecular weight is 263 g/mol. The maximum Gasteiger partial charge on any atom is 0.245 e. The Bertz CT molecular complexity index is 242. The molecule has 0 bridgehead atoms. The third-order valence-electron chi connectivity index (χ3n) is 1.23. The molecule has 14 heavy (non-hydrogen) atoms. The van der Waals surface area contributed by atoms with Gasteiger partial charge in [0.05, 0.1) is 0 Å². The third kappa shape index (κ3) is 6.59. The number of rotatable bonds is 5. The summed E-state index contributed by atoms with van der Waals surface area (Å²) in [6.45, 7) is -0.413. The van der Waals surface area contributed by atoms with Crippen LogP contribution in [0.4, 0.5) is 0 Å². The summed E-state index contributed by atoms with van der Waals surface area (Å²) in [6, 6.07) is 0. The minimum absolute atomic E-state index is 0.0691. The summed E-state index contributed by atoms with van der Waals surface area (Å²) in [6.07, 6.45) is -0.895. The molecule has 0 radical (unpaired) electrons. The first-order valence-electron chi connectivity index (χ1n) is 3.52. The molecule has 0 spiro atoms. The van der Waals surface area contributed by atoms with Gasteiger partial charge >= 0.3 is 0 Å². The van der Waals surface area contributed by atoms with Crippen molar-refractivity contribution in [3.63, 3.8) is 0 Å². The van der Waals surface area contributed by atoms with Gasteiger partial charge in [0, 0.05) is 6.54 Å². The van der Waals surface area contributed by atoms with E-state index in [1.807, 2.05) is 0 Å². The van der Waals surface area contributed by atoms with Crippen LogP contribution in [-0.2, 0) is 9.36 Å².